The van der Waals surface area contributed by atoms with Crippen molar-refractivity contribution in [3.8, 4) is 11.1 Å². The normalized spacial score (nSPS) is 10.2. The van der Waals surface area contributed by atoms with Crippen LogP contribution in [0.5, 0.6) is 0 Å². The molecule has 0 spiro atoms. The lowest BCUT2D eigenvalue weighted by atomic mass is 10.1. The summed E-state index contributed by atoms with van der Waals surface area (Å²) in [7, 11) is 0. The molecule has 0 atom stereocenters. The molecule has 3 rings (SSSR count). The standard InChI is InChI=1S/C18H14N2O5/c21-17(22)15-14(13-9-5-2-6-10-13)16(25-20-15)19-18(23)24-11-12-7-3-1-4-8-12/h1-10H,11H2,(H,19,23)(H,21,22). The first-order valence-electron chi connectivity index (χ1n) is 7.41. The van der Waals surface area contributed by atoms with Gasteiger partial charge in [-0.2, -0.15) is 0 Å². The molecular weight excluding hydrogens is 324 g/mol. The van der Waals surface area contributed by atoms with Gasteiger partial charge in [-0.05, 0) is 11.1 Å². The van der Waals surface area contributed by atoms with Gasteiger partial charge in [-0.3, -0.25) is 5.32 Å². The van der Waals surface area contributed by atoms with Crippen molar-refractivity contribution >= 4 is 17.9 Å². The number of rotatable bonds is 5. The lowest BCUT2D eigenvalue weighted by Gasteiger charge is -2.06. The Morgan fingerprint density at radius 2 is 1.68 bits per heavy atom. The van der Waals surface area contributed by atoms with Gasteiger partial charge in [-0.25, -0.2) is 9.59 Å². The highest BCUT2D eigenvalue weighted by atomic mass is 16.6. The molecule has 0 saturated heterocycles. The van der Waals surface area contributed by atoms with E-state index in [4.69, 9.17) is 9.26 Å². The van der Waals surface area contributed by atoms with Crippen molar-refractivity contribution in [3.05, 3.63) is 71.9 Å². The highest BCUT2D eigenvalue weighted by Gasteiger charge is 2.24. The Morgan fingerprint density at radius 1 is 1.04 bits per heavy atom. The molecule has 1 aromatic heterocycles. The number of carbonyl (C=O) groups is 2. The molecule has 0 radical (unpaired) electrons. The average molecular weight is 338 g/mol. The molecule has 0 fully saturated rings. The molecule has 2 aromatic carbocycles. The van der Waals surface area contributed by atoms with E-state index in [1.807, 2.05) is 30.3 Å². The SMILES string of the molecule is O=C(Nc1onc(C(=O)O)c1-c1ccccc1)OCc1ccccc1. The first-order chi connectivity index (χ1) is 12.1. The number of hydrogen-bond donors (Lipinski definition) is 2. The molecule has 2 N–H and O–H groups in total. The summed E-state index contributed by atoms with van der Waals surface area (Å²) in [4.78, 5) is 23.3. The van der Waals surface area contributed by atoms with Gasteiger partial charge in [0.25, 0.3) is 0 Å². The quantitative estimate of drug-likeness (QED) is 0.734. The molecule has 0 unspecified atom stereocenters. The van der Waals surface area contributed by atoms with E-state index in [9.17, 15) is 14.7 Å². The number of carbonyl (C=O) groups excluding carboxylic acids is 1. The van der Waals surface area contributed by atoms with Crippen LogP contribution in [0.2, 0.25) is 0 Å². The number of nitrogens with zero attached hydrogens (tertiary/aromatic N) is 1. The lowest BCUT2D eigenvalue weighted by molar-refractivity contribution is 0.0686. The third kappa shape index (κ3) is 3.84. The number of aromatic nitrogens is 1. The van der Waals surface area contributed by atoms with Gasteiger partial charge in [-0.15, -0.1) is 0 Å². The maximum absolute atomic E-state index is 12.0. The minimum absolute atomic E-state index is 0.0767. The zero-order chi connectivity index (χ0) is 17.6. The van der Waals surface area contributed by atoms with Crippen LogP contribution in [0, 0.1) is 0 Å². The maximum atomic E-state index is 12.0. The van der Waals surface area contributed by atoms with E-state index in [0.717, 1.165) is 5.56 Å². The van der Waals surface area contributed by atoms with Crippen LogP contribution in [0.25, 0.3) is 11.1 Å². The van der Waals surface area contributed by atoms with Crippen LogP contribution in [0.3, 0.4) is 0 Å². The minimum Gasteiger partial charge on any atom is -0.476 e. The fraction of sp³-hybridized carbons (Fsp3) is 0.0556. The smallest absolute Gasteiger partial charge is 0.414 e. The first-order valence-corrected chi connectivity index (χ1v) is 7.41. The number of hydrogen-bond acceptors (Lipinski definition) is 5. The van der Waals surface area contributed by atoms with Gasteiger partial charge in [0.15, 0.2) is 0 Å². The van der Waals surface area contributed by atoms with Crippen molar-refractivity contribution in [3.63, 3.8) is 0 Å². The van der Waals surface area contributed by atoms with Crippen LogP contribution in [0.1, 0.15) is 16.1 Å². The topological polar surface area (TPSA) is 102 Å². The fourth-order valence-electron chi connectivity index (χ4n) is 2.25. The molecule has 0 saturated carbocycles. The summed E-state index contributed by atoms with van der Waals surface area (Å²) in [5, 5.41) is 15.2. The minimum atomic E-state index is -1.26. The Bertz CT molecular complexity index is 875. The molecule has 0 bridgehead atoms. The molecule has 126 valence electrons. The Hall–Kier alpha value is -3.61. The van der Waals surface area contributed by atoms with Gasteiger partial charge in [0.2, 0.25) is 11.6 Å². The van der Waals surface area contributed by atoms with Gasteiger partial charge in [0, 0.05) is 0 Å². The molecule has 0 aliphatic rings. The van der Waals surface area contributed by atoms with Crippen LogP contribution < -0.4 is 5.32 Å². The largest absolute Gasteiger partial charge is 0.476 e. The summed E-state index contributed by atoms with van der Waals surface area (Å²) in [5.41, 5.74) is 1.28. The Morgan fingerprint density at radius 3 is 2.32 bits per heavy atom. The second-order valence-electron chi connectivity index (χ2n) is 5.09. The van der Waals surface area contributed by atoms with Crippen molar-refractivity contribution in [2.24, 2.45) is 0 Å². The van der Waals surface area contributed by atoms with Gasteiger partial charge in [-0.1, -0.05) is 65.8 Å². The second-order valence-corrected chi connectivity index (χ2v) is 5.09. The lowest BCUT2D eigenvalue weighted by Crippen LogP contribution is -2.13. The van der Waals surface area contributed by atoms with Crippen molar-refractivity contribution in [1.82, 2.24) is 5.16 Å². The number of aromatic carboxylic acids is 1. The van der Waals surface area contributed by atoms with E-state index in [0.29, 0.717) is 5.56 Å². The van der Waals surface area contributed by atoms with E-state index in [1.165, 1.54) is 0 Å². The molecule has 7 nitrogen and oxygen atoms in total. The monoisotopic (exact) mass is 338 g/mol. The van der Waals surface area contributed by atoms with E-state index in [1.54, 1.807) is 30.3 Å². The maximum Gasteiger partial charge on any atom is 0.414 e. The summed E-state index contributed by atoms with van der Waals surface area (Å²) in [6.45, 7) is 0.0767. The van der Waals surface area contributed by atoms with Crippen LogP contribution in [-0.4, -0.2) is 22.3 Å². The Kier molecular flexibility index (Phi) is 4.75. The van der Waals surface area contributed by atoms with E-state index < -0.39 is 12.1 Å². The van der Waals surface area contributed by atoms with Crippen LogP contribution in [-0.2, 0) is 11.3 Å². The fourth-order valence-corrected chi connectivity index (χ4v) is 2.25. The molecule has 3 aromatic rings. The third-order valence-corrected chi connectivity index (χ3v) is 3.39. The third-order valence-electron chi connectivity index (χ3n) is 3.39. The van der Waals surface area contributed by atoms with Gasteiger partial charge < -0.3 is 14.4 Å². The Labute approximate surface area is 142 Å². The molecule has 7 heteroatoms. The van der Waals surface area contributed by atoms with E-state index in [2.05, 4.69) is 10.5 Å². The summed E-state index contributed by atoms with van der Waals surface area (Å²) in [6.07, 6.45) is -0.769. The van der Waals surface area contributed by atoms with E-state index >= 15 is 0 Å². The molecule has 1 amide bonds. The molecular formula is C18H14N2O5. The number of carboxylic acids is 1. The summed E-state index contributed by atoms with van der Waals surface area (Å²) < 4.78 is 10.1. The van der Waals surface area contributed by atoms with Crippen LogP contribution >= 0.6 is 0 Å². The predicted molar refractivity (Wildman–Crippen MR) is 89.1 cm³/mol. The number of amides is 1. The van der Waals surface area contributed by atoms with Gasteiger partial charge >= 0.3 is 12.1 Å². The van der Waals surface area contributed by atoms with Gasteiger partial charge in [0.05, 0.1) is 5.56 Å². The average Bonchev–Trinajstić information content (AvgIpc) is 3.05. The Balaban J connectivity index is 1.78. The predicted octanol–water partition coefficient (Wildman–Crippen LogP) is 3.79. The zero-order valence-electron chi connectivity index (χ0n) is 13.0. The number of nitrogens with one attached hydrogen (secondary N) is 1. The molecule has 0 aliphatic carbocycles. The number of carboxylic acid groups (broad SMARTS) is 1. The number of benzene rings is 2. The summed E-state index contributed by atoms with van der Waals surface area (Å²) in [6, 6.07) is 17.8. The van der Waals surface area contributed by atoms with Crippen molar-refractivity contribution in [1.29, 1.82) is 0 Å². The van der Waals surface area contributed by atoms with Crippen LogP contribution in [0.15, 0.2) is 65.2 Å². The van der Waals surface area contributed by atoms with Crippen molar-refractivity contribution in [2.45, 2.75) is 6.61 Å². The highest BCUT2D eigenvalue weighted by molar-refractivity contribution is 5.99. The van der Waals surface area contributed by atoms with Crippen molar-refractivity contribution < 1.29 is 24.0 Å². The first kappa shape index (κ1) is 16.3. The zero-order valence-corrected chi connectivity index (χ0v) is 13.0. The summed E-state index contributed by atoms with van der Waals surface area (Å²) in [5.74, 6) is -1.34. The molecule has 1 heterocycles. The highest BCUT2D eigenvalue weighted by Crippen LogP contribution is 2.31. The van der Waals surface area contributed by atoms with Crippen molar-refractivity contribution in [2.75, 3.05) is 5.32 Å². The number of ether oxygens (including phenoxy) is 1. The van der Waals surface area contributed by atoms with Crippen LogP contribution in [0.4, 0.5) is 10.7 Å². The molecule has 25 heavy (non-hydrogen) atoms. The van der Waals surface area contributed by atoms with Gasteiger partial charge in [0.1, 0.15) is 6.61 Å². The molecule has 0 aliphatic heterocycles. The number of anilines is 1. The summed E-state index contributed by atoms with van der Waals surface area (Å²) >= 11 is 0. The van der Waals surface area contributed by atoms with E-state index in [-0.39, 0.29) is 23.7 Å². The second kappa shape index (κ2) is 7.31.